The van der Waals surface area contributed by atoms with Gasteiger partial charge in [0.25, 0.3) is 10.0 Å². The molecule has 0 radical (unpaired) electrons. The van der Waals surface area contributed by atoms with E-state index in [2.05, 4.69) is 27.2 Å². The Morgan fingerprint density at radius 2 is 1.68 bits per heavy atom. The van der Waals surface area contributed by atoms with Gasteiger partial charge in [-0.2, -0.15) is 0 Å². The molecule has 9 heteroatoms. The van der Waals surface area contributed by atoms with Crippen LogP contribution in [0.4, 0.5) is 11.6 Å². The number of unbranched alkanes of at least 4 members (excludes halogenated alkanes) is 1. The molecule has 0 aliphatic rings. The zero-order valence-electron chi connectivity index (χ0n) is 14.4. The molecule has 2 aromatic rings. The van der Waals surface area contributed by atoms with Crippen molar-refractivity contribution in [1.29, 1.82) is 0 Å². The van der Waals surface area contributed by atoms with Gasteiger partial charge in [0.1, 0.15) is 5.82 Å². The number of rotatable bonds is 9. The highest BCUT2D eigenvalue weighted by Gasteiger charge is 2.18. The highest BCUT2D eigenvalue weighted by atomic mass is 32.2. The van der Waals surface area contributed by atoms with Gasteiger partial charge in [-0.25, -0.2) is 8.42 Å². The second kappa shape index (κ2) is 8.52. The minimum Gasteiger partial charge on any atom is -0.493 e. The zero-order valence-corrected chi connectivity index (χ0v) is 15.3. The quantitative estimate of drug-likeness (QED) is 0.657. The largest absolute Gasteiger partial charge is 0.493 e. The normalized spacial score (nSPS) is 11.0. The van der Waals surface area contributed by atoms with E-state index in [1.54, 1.807) is 12.1 Å². The van der Waals surface area contributed by atoms with Crippen LogP contribution < -0.4 is 19.5 Å². The second-order valence-corrected chi connectivity index (χ2v) is 6.89. The third-order valence-corrected chi connectivity index (χ3v) is 4.76. The topological polar surface area (TPSA) is 102 Å². The van der Waals surface area contributed by atoms with E-state index >= 15 is 0 Å². The van der Waals surface area contributed by atoms with Crippen LogP contribution >= 0.6 is 0 Å². The average Bonchev–Trinajstić information content (AvgIpc) is 2.62. The minimum atomic E-state index is -3.81. The van der Waals surface area contributed by atoms with Crippen LogP contribution in [0.1, 0.15) is 19.8 Å². The maximum absolute atomic E-state index is 12.5. The molecule has 1 aromatic carbocycles. The van der Waals surface area contributed by atoms with Crippen LogP contribution in [0.15, 0.2) is 35.2 Å². The highest BCUT2D eigenvalue weighted by Crippen LogP contribution is 2.29. The molecule has 0 unspecified atom stereocenters. The Kier molecular flexibility index (Phi) is 6.40. The van der Waals surface area contributed by atoms with Crippen molar-refractivity contribution in [3.05, 3.63) is 30.3 Å². The molecule has 0 saturated carbocycles. The van der Waals surface area contributed by atoms with Gasteiger partial charge in [-0.15, -0.1) is 10.2 Å². The van der Waals surface area contributed by atoms with E-state index in [4.69, 9.17) is 9.47 Å². The molecule has 0 saturated heterocycles. The molecule has 0 atom stereocenters. The summed E-state index contributed by atoms with van der Waals surface area (Å²) in [7, 11) is -0.889. The van der Waals surface area contributed by atoms with E-state index in [0.717, 1.165) is 19.4 Å². The van der Waals surface area contributed by atoms with Crippen LogP contribution in [0.2, 0.25) is 0 Å². The summed E-state index contributed by atoms with van der Waals surface area (Å²) >= 11 is 0. The first-order valence-electron chi connectivity index (χ1n) is 7.82. The first kappa shape index (κ1) is 18.8. The summed E-state index contributed by atoms with van der Waals surface area (Å²) < 4.78 is 37.6. The molecule has 0 spiro atoms. The van der Waals surface area contributed by atoms with Crippen molar-refractivity contribution in [2.45, 2.75) is 24.7 Å². The Bertz CT molecular complexity index is 794. The first-order valence-corrected chi connectivity index (χ1v) is 9.31. The summed E-state index contributed by atoms with van der Waals surface area (Å²) in [6.45, 7) is 2.89. The minimum absolute atomic E-state index is 0.0390. The number of sulfonamides is 1. The van der Waals surface area contributed by atoms with E-state index in [9.17, 15) is 8.42 Å². The van der Waals surface area contributed by atoms with Crippen LogP contribution in [0.3, 0.4) is 0 Å². The molecule has 0 amide bonds. The van der Waals surface area contributed by atoms with Crippen LogP contribution in [0, 0.1) is 0 Å². The van der Waals surface area contributed by atoms with Gasteiger partial charge in [0, 0.05) is 12.6 Å². The number of ether oxygens (including phenoxy) is 2. The third kappa shape index (κ3) is 4.96. The summed E-state index contributed by atoms with van der Waals surface area (Å²) in [5.74, 6) is 1.51. The fourth-order valence-electron chi connectivity index (χ4n) is 2.05. The molecule has 1 heterocycles. The lowest BCUT2D eigenvalue weighted by Crippen LogP contribution is -2.15. The Labute approximate surface area is 147 Å². The predicted octanol–water partition coefficient (Wildman–Crippen LogP) is 2.51. The standard InChI is InChI=1S/C16H22N4O4S/c1-4-5-10-17-15-8-9-16(19-18-15)20-25(21,22)12-6-7-13(23-2)14(11-12)24-3/h6-9,11H,4-5,10H2,1-3H3,(H,17,18)(H,19,20). The first-order chi connectivity index (χ1) is 12.0. The molecule has 1 aromatic heterocycles. The number of aromatic nitrogens is 2. The molecule has 0 aliphatic carbocycles. The molecule has 8 nitrogen and oxygen atoms in total. The second-order valence-electron chi connectivity index (χ2n) is 5.21. The summed E-state index contributed by atoms with van der Waals surface area (Å²) in [5.41, 5.74) is 0. The Morgan fingerprint density at radius 3 is 2.28 bits per heavy atom. The van der Waals surface area contributed by atoms with Gasteiger partial charge in [0.2, 0.25) is 0 Å². The lowest BCUT2D eigenvalue weighted by molar-refractivity contribution is 0.354. The van der Waals surface area contributed by atoms with Crippen LogP contribution in [-0.4, -0.2) is 39.4 Å². The van der Waals surface area contributed by atoms with Crippen LogP contribution in [-0.2, 0) is 10.0 Å². The molecule has 2 N–H and O–H groups in total. The van der Waals surface area contributed by atoms with Crippen molar-refractivity contribution >= 4 is 21.7 Å². The molecule has 0 aliphatic heterocycles. The Morgan fingerprint density at radius 1 is 1.00 bits per heavy atom. The SMILES string of the molecule is CCCCNc1ccc(NS(=O)(=O)c2ccc(OC)c(OC)c2)nn1. The van der Waals surface area contributed by atoms with Crippen molar-refractivity contribution in [2.24, 2.45) is 0 Å². The maximum atomic E-state index is 12.5. The fraction of sp³-hybridized carbons (Fsp3) is 0.375. The van der Waals surface area contributed by atoms with Crippen LogP contribution in [0.25, 0.3) is 0 Å². The van der Waals surface area contributed by atoms with Gasteiger partial charge in [-0.1, -0.05) is 13.3 Å². The summed E-state index contributed by atoms with van der Waals surface area (Å²) in [4.78, 5) is 0.0390. The number of anilines is 2. The smallest absolute Gasteiger partial charge is 0.263 e. The zero-order chi connectivity index (χ0) is 18.3. The van der Waals surface area contributed by atoms with E-state index in [1.807, 2.05) is 0 Å². The van der Waals surface area contributed by atoms with Crippen molar-refractivity contribution in [1.82, 2.24) is 10.2 Å². The molecular weight excluding hydrogens is 344 g/mol. The number of hydrogen-bond acceptors (Lipinski definition) is 7. The fourth-order valence-corrected chi connectivity index (χ4v) is 3.07. The molecule has 0 fully saturated rings. The van der Waals surface area contributed by atoms with Gasteiger partial charge in [-0.05, 0) is 30.7 Å². The van der Waals surface area contributed by atoms with Crippen LogP contribution in [0.5, 0.6) is 11.5 Å². The Hall–Kier alpha value is -2.55. The van der Waals surface area contributed by atoms with Crippen molar-refractivity contribution in [3.8, 4) is 11.5 Å². The van der Waals surface area contributed by atoms with E-state index in [-0.39, 0.29) is 10.7 Å². The number of nitrogens with zero attached hydrogens (tertiary/aromatic N) is 2. The third-order valence-electron chi connectivity index (χ3n) is 3.41. The number of methoxy groups -OCH3 is 2. The lowest BCUT2D eigenvalue weighted by atomic mass is 10.3. The van der Waals surface area contributed by atoms with E-state index in [1.165, 1.54) is 32.4 Å². The highest BCUT2D eigenvalue weighted by molar-refractivity contribution is 7.92. The summed E-state index contributed by atoms with van der Waals surface area (Å²) in [6.07, 6.45) is 2.10. The van der Waals surface area contributed by atoms with E-state index in [0.29, 0.717) is 17.3 Å². The van der Waals surface area contributed by atoms with Gasteiger partial charge < -0.3 is 14.8 Å². The van der Waals surface area contributed by atoms with Gasteiger partial charge in [0.15, 0.2) is 17.3 Å². The van der Waals surface area contributed by atoms with Crippen molar-refractivity contribution in [3.63, 3.8) is 0 Å². The van der Waals surface area contributed by atoms with Crippen molar-refractivity contribution < 1.29 is 17.9 Å². The number of nitrogens with one attached hydrogen (secondary N) is 2. The number of benzene rings is 1. The molecule has 0 bridgehead atoms. The maximum Gasteiger partial charge on any atom is 0.263 e. The van der Waals surface area contributed by atoms with Crippen molar-refractivity contribution in [2.75, 3.05) is 30.8 Å². The van der Waals surface area contributed by atoms with Gasteiger partial charge in [0.05, 0.1) is 19.1 Å². The van der Waals surface area contributed by atoms with Gasteiger partial charge >= 0.3 is 0 Å². The Balaban J connectivity index is 2.13. The monoisotopic (exact) mass is 366 g/mol. The lowest BCUT2D eigenvalue weighted by Gasteiger charge is -2.11. The molecule has 2 rings (SSSR count). The predicted molar refractivity (Wildman–Crippen MR) is 95.8 cm³/mol. The molecule has 25 heavy (non-hydrogen) atoms. The molecular formula is C16H22N4O4S. The van der Waals surface area contributed by atoms with E-state index < -0.39 is 10.0 Å². The number of hydrogen-bond donors (Lipinski definition) is 2. The summed E-state index contributed by atoms with van der Waals surface area (Å²) in [5, 5.41) is 11.0. The molecule has 136 valence electrons. The summed E-state index contributed by atoms with van der Waals surface area (Å²) in [6, 6.07) is 7.57. The average molecular weight is 366 g/mol. The van der Waals surface area contributed by atoms with Gasteiger partial charge in [-0.3, -0.25) is 4.72 Å².